The monoisotopic (exact) mass is 151 g/mol. The minimum Gasteiger partial charge on any atom is -0.293 e. The van der Waals surface area contributed by atoms with Crippen LogP contribution >= 0.6 is 0 Å². The first-order chi connectivity index (χ1) is 5.24. The fraction of sp³-hybridized carbons (Fsp3) is 0.222. The fourth-order valence-electron chi connectivity index (χ4n) is 0.843. The maximum absolute atomic E-state index is 12.6. The zero-order valence-corrected chi connectivity index (χ0v) is 6.63. The summed E-state index contributed by atoms with van der Waals surface area (Å²) in [6, 6.07) is 6.42. The van der Waals surface area contributed by atoms with E-state index in [0.717, 1.165) is 11.3 Å². The molecule has 0 saturated carbocycles. The molecule has 0 saturated heterocycles. The maximum Gasteiger partial charge on any atom is 0.123 e. The summed E-state index contributed by atoms with van der Waals surface area (Å²) in [5.74, 6) is -0.217. The highest BCUT2D eigenvalue weighted by atomic mass is 19.1. The molecule has 0 heterocycles. The molecule has 11 heavy (non-hydrogen) atoms. The Morgan fingerprint density at radius 3 is 2.73 bits per heavy atom. The average Bonchev–Trinajstić information content (AvgIpc) is 2.03. The second-order valence-corrected chi connectivity index (χ2v) is 2.32. The van der Waals surface area contributed by atoms with E-state index in [1.54, 1.807) is 13.1 Å². The van der Waals surface area contributed by atoms with Crippen LogP contribution in [0, 0.1) is 5.82 Å². The van der Waals surface area contributed by atoms with Crippen LogP contribution in [-0.2, 0) is 0 Å². The van der Waals surface area contributed by atoms with Crippen molar-refractivity contribution in [2.45, 2.75) is 6.92 Å². The van der Waals surface area contributed by atoms with Crippen molar-refractivity contribution in [3.05, 3.63) is 35.6 Å². The molecule has 0 amide bonds. The summed E-state index contributed by atoms with van der Waals surface area (Å²) in [5.41, 5.74) is 1.69. The van der Waals surface area contributed by atoms with Crippen LogP contribution in [0.2, 0.25) is 0 Å². The molecule has 0 fully saturated rings. The topological polar surface area (TPSA) is 12.4 Å². The summed E-state index contributed by atoms with van der Waals surface area (Å²) in [6.45, 7) is 1.86. The zero-order chi connectivity index (χ0) is 8.27. The van der Waals surface area contributed by atoms with Crippen LogP contribution < -0.4 is 0 Å². The van der Waals surface area contributed by atoms with Crippen molar-refractivity contribution in [1.82, 2.24) is 0 Å². The number of benzene rings is 1. The van der Waals surface area contributed by atoms with Crippen LogP contribution in [0.1, 0.15) is 12.5 Å². The summed E-state index contributed by atoms with van der Waals surface area (Å²) in [7, 11) is 1.69. The lowest BCUT2D eigenvalue weighted by atomic mass is 10.1. The highest BCUT2D eigenvalue weighted by Gasteiger charge is 1.96. The minimum atomic E-state index is -0.217. The fourth-order valence-corrected chi connectivity index (χ4v) is 0.843. The van der Waals surface area contributed by atoms with E-state index in [1.165, 1.54) is 12.1 Å². The molecule has 1 aromatic rings. The smallest absolute Gasteiger partial charge is 0.123 e. The van der Waals surface area contributed by atoms with Crippen LogP contribution in [0.3, 0.4) is 0 Å². The molecule has 1 rings (SSSR count). The maximum atomic E-state index is 12.6. The normalized spacial score (nSPS) is 11.7. The van der Waals surface area contributed by atoms with Crippen molar-refractivity contribution >= 4 is 5.71 Å². The summed E-state index contributed by atoms with van der Waals surface area (Å²) < 4.78 is 12.6. The molecular formula is C9H10FN. The Balaban J connectivity index is 3.06. The van der Waals surface area contributed by atoms with E-state index < -0.39 is 0 Å². The largest absolute Gasteiger partial charge is 0.293 e. The molecule has 0 aromatic heterocycles. The Kier molecular flexibility index (Phi) is 2.36. The summed E-state index contributed by atoms with van der Waals surface area (Å²) in [5, 5.41) is 0. The molecule has 0 radical (unpaired) electrons. The van der Waals surface area contributed by atoms with Gasteiger partial charge in [-0.05, 0) is 24.6 Å². The van der Waals surface area contributed by atoms with Gasteiger partial charge in [0.05, 0.1) is 0 Å². The lowest BCUT2D eigenvalue weighted by Gasteiger charge is -1.97. The Labute approximate surface area is 65.6 Å². The lowest BCUT2D eigenvalue weighted by molar-refractivity contribution is 0.627. The molecule has 0 bridgehead atoms. The van der Waals surface area contributed by atoms with Gasteiger partial charge in [-0.15, -0.1) is 0 Å². The van der Waals surface area contributed by atoms with E-state index in [1.807, 2.05) is 13.0 Å². The second-order valence-electron chi connectivity index (χ2n) is 2.32. The minimum absolute atomic E-state index is 0.217. The number of aliphatic imine (C=N–C) groups is 1. The summed E-state index contributed by atoms with van der Waals surface area (Å²) in [4.78, 5) is 3.95. The van der Waals surface area contributed by atoms with Gasteiger partial charge < -0.3 is 0 Å². The molecule has 0 unspecified atom stereocenters. The van der Waals surface area contributed by atoms with E-state index >= 15 is 0 Å². The van der Waals surface area contributed by atoms with Crippen LogP contribution in [0.15, 0.2) is 29.3 Å². The number of nitrogens with zero attached hydrogens (tertiary/aromatic N) is 1. The van der Waals surface area contributed by atoms with E-state index in [2.05, 4.69) is 4.99 Å². The highest BCUT2D eigenvalue weighted by molar-refractivity contribution is 5.98. The molecule has 0 aliphatic heterocycles. The third kappa shape index (κ3) is 1.87. The second kappa shape index (κ2) is 3.28. The van der Waals surface area contributed by atoms with Gasteiger partial charge in [-0.25, -0.2) is 4.39 Å². The van der Waals surface area contributed by atoms with Crippen LogP contribution in [0.25, 0.3) is 0 Å². The van der Waals surface area contributed by atoms with Crippen LogP contribution in [0.4, 0.5) is 4.39 Å². The average molecular weight is 151 g/mol. The van der Waals surface area contributed by atoms with Gasteiger partial charge in [0.25, 0.3) is 0 Å². The van der Waals surface area contributed by atoms with E-state index in [4.69, 9.17) is 0 Å². The van der Waals surface area contributed by atoms with Crippen molar-refractivity contribution in [3.8, 4) is 0 Å². The predicted molar refractivity (Wildman–Crippen MR) is 44.5 cm³/mol. The first-order valence-electron chi connectivity index (χ1n) is 3.43. The van der Waals surface area contributed by atoms with Crippen molar-refractivity contribution in [2.75, 3.05) is 7.05 Å². The molecule has 0 aliphatic carbocycles. The first-order valence-corrected chi connectivity index (χ1v) is 3.43. The Morgan fingerprint density at radius 1 is 1.45 bits per heavy atom. The van der Waals surface area contributed by atoms with Crippen LogP contribution in [0.5, 0.6) is 0 Å². The summed E-state index contributed by atoms with van der Waals surface area (Å²) in [6.07, 6.45) is 0. The quantitative estimate of drug-likeness (QED) is 0.546. The Bertz CT molecular complexity index is 279. The van der Waals surface area contributed by atoms with Gasteiger partial charge in [-0.1, -0.05) is 12.1 Å². The van der Waals surface area contributed by atoms with Crippen molar-refractivity contribution in [3.63, 3.8) is 0 Å². The zero-order valence-electron chi connectivity index (χ0n) is 6.63. The van der Waals surface area contributed by atoms with Crippen molar-refractivity contribution in [2.24, 2.45) is 4.99 Å². The molecule has 1 nitrogen and oxygen atoms in total. The molecule has 58 valence electrons. The Hall–Kier alpha value is -1.18. The van der Waals surface area contributed by atoms with E-state index in [-0.39, 0.29) is 5.82 Å². The third-order valence-corrected chi connectivity index (χ3v) is 1.58. The molecule has 0 N–H and O–H groups in total. The number of halogens is 1. The Morgan fingerprint density at radius 2 is 2.18 bits per heavy atom. The lowest BCUT2D eigenvalue weighted by Crippen LogP contribution is -1.93. The predicted octanol–water partition coefficient (Wildman–Crippen LogP) is 2.26. The number of hydrogen-bond donors (Lipinski definition) is 0. The van der Waals surface area contributed by atoms with Gasteiger partial charge in [0.15, 0.2) is 0 Å². The van der Waals surface area contributed by atoms with Crippen LogP contribution in [-0.4, -0.2) is 12.8 Å². The highest BCUT2D eigenvalue weighted by Crippen LogP contribution is 2.04. The van der Waals surface area contributed by atoms with E-state index in [9.17, 15) is 4.39 Å². The molecule has 1 aromatic carbocycles. The van der Waals surface area contributed by atoms with Gasteiger partial charge >= 0.3 is 0 Å². The molecular weight excluding hydrogens is 141 g/mol. The van der Waals surface area contributed by atoms with Gasteiger partial charge in [0.2, 0.25) is 0 Å². The van der Waals surface area contributed by atoms with Gasteiger partial charge in [-0.3, -0.25) is 4.99 Å². The SMILES string of the molecule is CN=C(C)c1cccc(F)c1. The number of rotatable bonds is 1. The molecule has 0 aliphatic rings. The van der Waals surface area contributed by atoms with Gasteiger partial charge in [0, 0.05) is 12.8 Å². The molecule has 0 spiro atoms. The van der Waals surface area contributed by atoms with Crippen molar-refractivity contribution < 1.29 is 4.39 Å². The van der Waals surface area contributed by atoms with Gasteiger partial charge in [0.1, 0.15) is 5.82 Å². The molecule has 0 atom stereocenters. The molecule has 2 heteroatoms. The van der Waals surface area contributed by atoms with Crippen molar-refractivity contribution in [1.29, 1.82) is 0 Å². The number of hydrogen-bond acceptors (Lipinski definition) is 1. The first kappa shape index (κ1) is 7.92. The standard InChI is InChI=1S/C9H10FN/c1-7(11-2)8-4-3-5-9(10)6-8/h3-6H,1-2H3. The van der Waals surface area contributed by atoms with E-state index in [0.29, 0.717) is 0 Å². The third-order valence-electron chi connectivity index (χ3n) is 1.58. The summed E-state index contributed by atoms with van der Waals surface area (Å²) >= 11 is 0. The van der Waals surface area contributed by atoms with Gasteiger partial charge in [-0.2, -0.15) is 0 Å².